The molecule has 2 N–H and O–H groups in total. The fourth-order valence-corrected chi connectivity index (χ4v) is 2.67. The molecule has 19 heavy (non-hydrogen) atoms. The van der Waals surface area contributed by atoms with Gasteiger partial charge in [0, 0.05) is 44.3 Å². The van der Waals surface area contributed by atoms with E-state index in [9.17, 15) is 4.79 Å². The molecular weight excluding hydrogens is 242 g/mol. The van der Waals surface area contributed by atoms with E-state index >= 15 is 0 Å². The zero-order valence-electron chi connectivity index (χ0n) is 11.3. The molecule has 1 atom stereocenters. The maximum Gasteiger partial charge on any atom is 0.257 e. The fraction of sp³-hybridized carbons (Fsp3) is 0.571. The van der Waals surface area contributed by atoms with E-state index < -0.39 is 0 Å². The van der Waals surface area contributed by atoms with Crippen molar-refractivity contribution in [3.8, 4) is 0 Å². The molecule has 2 rings (SSSR count). The third-order valence-corrected chi connectivity index (χ3v) is 3.65. The van der Waals surface area contributed by atoms with Crippen molar-refractivity contribution in [2.45, 2.75) is 31.7 Å². The molecule has 0 aliphatic carbocycles. The summed E-state index contributed by atoms with van der Waals surface area (Å²) in [6.45, 7) is 0.986. The summed E-state index contributed by atoms with van der Waals surface area (Å²) in [7, 11) is 1.80. The van der Waals surface area contributed by atoms with Gasteiger partial charge in [0.1, 0.15) is 0 Å². The zero-order valence-corrected chi connectivity index (χ0v) is 11.3. The largest absolute Gasteiger partial charge is 0.396 e. The minimum Gasteiger partial charge on any atom is -0.396 e. The van der Waals surface area contributed by atoms with E-state index in [1.54, 1.807) is 19.4 Å². The van der Waals surface area contributed by atoms with Crippen LogP contribution in [0.25, 0.3) is 0 Å². The second-order valence-corrected chi connectivity index (χ2v) is 4.83. The van der Waals surface area contributed by atoms with E-state index in [0.29, 0.717) is 5.56 Å². The van der Waals surface area contributed by atoms with E-state index in [0.717, 1.165) is 37.9 Å². The topological polar surface area (TPSA) is 65.5 Å². The summed E-state index contributed by atoms with van der Waals surface area (Å²) in [4.78, 5) is 18.6. The van der Waals surface area contributed by atoms with Crippen LogP contribution in [0.5, 0.6) is 0 Å². The normalized spacial score (nSPS) is 18.6. The van der Waals surface area contributed by atoms with E-state index in [4.69, 9.17) is 5.11 Å². The highest BCUT2D eigenvalue weighted by atomic mass is 16.3. The Morgan fingerprint density at radius 2 is 2.47 bits per heavy atom. The lowest BCUT2D eigenvalue weighted by Crippen LogP contribution is -2.36. The molecule has 104 valence electrons. The number of carbonyl (C=O) groups is 1. The van der Waals surface area contributed by atoms with Gasteiger partial charge in [0.15, 0.2) is 0 Å². The van der Waals surface area contributed by atoms with E-state index in [2.05, 4.69) is 10.3 Å². The molecule has 5 heteroatoms. The number of amides is 1. The van der Waals surface area contributed by atoms with E-state index in [1.165, 1.54) is 0 Å². The van der Waals surface area contributed by atoms with Crippen LogP contribution in [-0.4, -0.2) is 47.1 Å². The van der Waals surface area contributed by atoms with Crippen LogP contribution in [0.1, 0.15) is 36.0 Å². The van der Waals surface area contributed by atoms with Crippen molar-refractivity contribution in [3.05, 3.63) is 24.0 Å². The monoisotopic (exact) mass is 263 g/mol. The van der Waals surface area contributed by atoms with Gasteiger partial charge >= 0.3 is 0 Å². The predicted molar refractivity (Wildman–Crippen MR) is 74.2 cm³/mol. The molecule has 1 amide bonds. The molecule has 1 aliphatic rings. The Morgan fingerprint density at radius 1 is 1.63 bits per heavy atom. The molecule has 0 bridgehead atoms. The van der Waals surface area contributed by atoms with Crippen molar-refractivity contribution < 1.29 is 9.90 Å². The molecule has 2 heterocycles. The summed E-state index contributed by atoms with van der Waals surface area (Å²) in [5.74, 6) is 0.0397. The molecule has 1 aromatic heterocycles. The summed E-state index contributed by atoms with van der Waals surface area (Å²) in [5.41, 5.74) is 1.44. The van der Waals surface area contributed by atoms with Gasteiger partial charge in [-0.1, -0.05) is 0 Å². The number of carbonyl (C=O) groups excluding carboxylic acids is 1. The van der Waals surface area contributed by atoms with Crippen LogP contribution in [0.4, 0.5) is 5.69 Å². The van der Waals surface area contributed by atoms with Crippen LogP contribution in [0.2, 0.25) is 0 Å². The highest BCUT2D eigenvalue weighted by Gasteiger charge is 2.29. The number of aromatic nitrogens is 1. The summed E-state index contributed by atoms with van der Waals surface area (Å²) in [6.07, 6.45) is 6.99. The number of likely N-dealkylation sites (tertiary alicyclic amines) is 1. The predicted octanol–water partition coefficient (Wildman–Crippen LogP) is 1.50. The molecule has 0 aromatic carbocycles. The minimum absolute atomic E-state index is 0.0397. The van der Waals surface area contributed by atoms with Crippen LogP contribution in [0, 0.1) is 0 Å². The Balaban J connectivity index is 2.13. The third kappa shape index (κ3) is 3.04. The molecule has 1 aliphatic heterocycles. The van der Waals surface area contributed by atoms with Crippen LogP contribution >= 0.6 is 0 Å². The van der Waals surface area contributed by atoms with Gasteiger partial charge < -0.3 is 15.3 Å². The highest BCUT2D eigenvalue weighted by Crippen LogP contribution is 2.25. The van der Waals surface area contributed by atoms with Crippen molar-refractivity contribution in [2.24, 2.45) is 0 Å². The van der Waals surface area contributed by atoms with Crippen LogP contribution in [0.3, 0.4) is 0 Å². The average molecular weight is 263 g/mol. The summed E-state index contributed by atoms with van der Waals surface area (Å²) < 4.78 is 0. The summed E-state index contributed by atoms with van der Waals surface area (Å²) in [5, 5.41) is 12.0. The van der Waals surface area contributed by atoms with Crippen molar-refractivity contribution >= 4 is 11.6 Å². The second-order valence-electron chi connectivity index (χ2n) is 4.83. The smallest absolute Gasteiger partial charge is 0.257 e. The first kappa shape index (κ1) is 13.8. The van der Waals surface area contributed by atoms with E-state index in [-0.39, 0.29) is 18.6 Å². The Hall–Kier alpha value is -1.62. The Labute approximate surface area is 113 Å². The van der Waals surface area contributed by atoms with Crippen molar-refractivity contribution in [1.82, 2.24) is 9.88 Å². The van der Waals surface area contributed by atoms with Crippen molar-refractivity contribution in [2.75, 3.05) is 25.5 Å². The number of rotatable bonds is 5. The lowest BCUT2D eigenvalue weighted by molar-refractivity contribution is 0.0725. The van der Waals surface area contributed by atoms with E-state index in [1.807, 2.05) is 11.0 Å². The number of aliphatic hydroxyl groups excluding tert-OH is 1. The Kier molecular flexibility index (Phi) is 4.74. The number of nitrogens with zero attached hydrogens (tertiary/aromatic N) is 2. The molecule has 0 saturated carbocycles. The van der Waals surface area contributed by atoms with Crippen molar-refractivity contribution in [1.29, 1.82) is 0 Å². The standard InChI is InChI=1S/C14H21N3O2/c1-15-13-6-7-16-10-12(13)14(19)17-8-2-4-11(17)5-3-9-18/h6-7,10-11,18H,2-5,8-9H2,1H3,(H,15,16). The maximum absolute atomic E-state index is 12.6. The van der Waals surface area contributed by atoms with Gasteiger partial charge in [0.05, 0.1) is 5.56 Å². The van der Waals surface area contributed by atoms with Crippen molar-refractivity contribution in [3.63, 3.8) is 0 Å². The van der Waals surface area contributed by atoms with Gasteiger partial charge in [0.2, 0.25) is 0 Å². The lowest BCUT2D eigenvalue weighted by atomic mass is 10.1. The second kappa shape index (κ2) is 6.52. The maximum atomic E-state index is 12.6. The molecule has 1 fully saturated rings. The Morgan fingerprint density at radius 3 is 3.21 bits per heavy atom. The molecule has 5 nitrogen and oxygen atoms in total. The molecule has 0 spiro atoms. The first-order chi connectivity index (χ1) is 9.27. The average Bonchev–Trinajstić information content (AvgIpc) is 2.92. The van der Waals surface area contributed by atoms with Gasteiger partial charge in [-0.25, -0.2) is 0 Å². The third-order valence-electron chi connectivity index (χ3n) is 3.65. The fourth-order valence-electron chi connectivity index (χ4n) is 2.67. The number of pyridine rings is 1. The number of aliphatic hydroxyl groups is 1. The molecule has 1 saturated heterocycles. The van der Waals surface area contributed by atoms with Crippen LogP contribution in [0.15, 0.2) is 18.5 Å². The molecule has 0 radical (unpaired) electrons. The van der Waals surface area contributed by atoms with Crippen LogP contribution in [-0.2, 0) is 0 Å². The number of hydrogen-bond acceptors (Lipinski definition) is 4. The first-order valence-electron chi connectivity index (χ1n) is 6.81. The van der Waals surface area contributed by atoms with Gasteiger partial charge in [-0.3, -0.25) is 9.78 Å². The van der Waals surface area contributed by atoms with Gasteiger partial charge in [-0.2, -0.15) is 0 Å². The molecule has 1 unspecified atom stereocenters. The SMILES string of the molecule is CNc1ccncc1C(=O)N1CCCC1CCCO. The summed E-state index contributed by atoms with van der Waals surface area (Å²) >= 11 is 0. The van der Waals surface area contributed by atoms with Gasteiger partial charge in [0.25, 0.3) is 5.91 Å². The van der Waals surface area contributed by atoms with Crippen LogP contribution < -0.4 is 5.32 Å². The number of nitrogens with one attached hydrogen (secondary N) is 1. The quantitative estimate of drug-likeness (QED) is 0.845. The van der Waals surface area contributed by atoms with Gasteiger partial charge in [-0.05, 0) is 31.7 Å². The summed E-state index contributed by atoms with van der Waals surface area (Å²) in [6, 6.07) is 2.07. The lowest BCUT2D eigenvalue weighted by Gasteiger charge is -2.25. The highest BCUT2D eigenvalue weighted by molar-refractivity contribution is 5.99. The molecular formula is C14H21N3O2. The Bertz CT molecular complexity index is 436. The molecule has 1 aromatic rings. The number of hydrogen-bond donors (Lipinski definition) is 2. The first-order valence-corrected chi connectivity index (χ1v) is 6.81. The minimum atomic E-state index is 0.0397. The number of anilines is 1. The van der Waals surface area contributed by atoms with Gasteiger partial charge in [-0.15, -0.1) is 0 Å². The zero-order chi connectivity index (χ0) is 13.7.